The van der Waals surface area contributed by atoms with E-state index >= 15 is 0 Å². The highest BCUT2D eigenvalue weighted by molar-refractivity contribution is 7.99. The molecule has 6 heteroatoms. The second kappa shape index (κ2) is 7.17. The van der Waals surface area contributed by atoms with Gasteiger partial charge in [0.25, 0.3) is 0 Å². The van der Waals surface area contributed by atoms with E-state index in [4.69, 9.17) is 17.3 Å². The molecule has 0 atom stereocenters. The molecule has 0 aromatic carbocycles. The maximum atomic E-state index is 11.7. The summed E-state index contributed by atoms with van der Waals surface area (Å²) in [6, 6.07) is 3.80. The molecule has 0 unspecified atom stereocenters. The van der Waals surface area contributed by atoms with Gasteiger partial charge in [0.15, 0.2) is 0 Å². The molecule has 0 bridgehead atoms. The third kappa shape index (κ3) is 4.74. The summed E-state index contributed by atoms with van der Waals surface area (Å²) >= 11 is 8.90. The molecular formula is C10H15ClN2OS2. The normalized spacial score (nSPS) is 10.4. The number of thioether (sulfide) groups is 1. The molecule has 1 amide bonds. The van der Waals surface area contributed by atoms with Gasteiger partial charge in [-0.05, 0) is 12.1 Å². The monoisotopic (exact) mass is 278 g/mol. The van der Waals surface area contributed by atoms with Crippen LogP contribution in [-0.4, -0.2) is 35.9 Å². The first kappa shape index (κ1) is 13.8. The number of nitrogens with two attached hydrogens (primary N) is 1. The molecule has 0 fully saturated rings. The third-order valence-corrected chi connectivity index (χ3v) is 4.13. The van der Waals surface area contributed by atoms with Gasteiger partial charge in [0, 0.05) is 24.2 Å². The summed E-state index contributed by atoms with van der Waals surface area (Å²) < 4.78 is 0.758. The lowest BCUT2D eigenvalue weighted by Gasteiger charge is -2.15. The van der Waals surface area contributed by atoms with Gasteiger partial charge in [0.05, 0.1) is 16.6 Å². The van der Waals surface area contributed by atoms with Gasteiger partial charge in [-0.2, -0.15) is 11.8 Å². The van der Waals surface area contributed by atoms with Gasteiger partial charge in [0.2, 0.25) is 5.91 Å². The van der Waals surface area contributed by atoms with Crippen molar-refractivity contribution in [2.75, 3.05) is 25.1 Å². The van der Waals surface area contributed by atoms with Crippen molar-refractivity contribution in [1.29, 1.82) is 0 Å². The molecule has 0 aliphatic heterocycles. The molecule has 1 heterocycles. The van der Waals surface area contributed by atoms with Crippen molar-refractivity contribution < 1.29 is 4.79 Å². The molecule has 0 saturated heterocycles. The number of carbonyl (C=O) groups excluding carboxylic acids is 1. The topological polar surface area (TPSA) is 46.3 Å². The highest BCUT2D eigenvalue weighted by Gasteiger charge is 2.10. The van der Waals surface area contributed by atoms with Gasteiger partial charge in [0.1, 0.15) is 0 Å². The molecule has 0 saturated carbocycles. The minimum atomic E-state index is 0.128. The van der Waals surface area contributed by atoms with Crippen molar-refractivity contribution in [1.82, 2.24) is 4.90 Å². The zero-order valence-electron chi connectivity index (χ0n) is 9.11. The minimum absolute atomic E-state index is 0.128. The molecule has 2 N–H and O–H groups in total. The molecule has 90 valence electrons. The Hall–Kier alpha value is -0.230. The predicted octanol–water partition coefficient (Wildman–Crippen LogP) is 2.05. The Kier molecular flexibility index (Phi) is 6.20. The van der Waals surface area contributed by atoms with E-state index in [-0.39, 0.29) is 5.91 Å². The highest BCUT2D eigenvalue weighted by atomic mass is 35.5. The zero-order chi connectivity index (χ0) is 12.0. The molecule has 0 spiro atoms. The molecule has 0 aliphatic rings. The van der Waals surface area contributed by atoms with Gasteiger partial charge < -0.3 is 10.6 Å². The molecule has 1 aromatic heterocycles. The van der Waals surface area contributed by atoms with Gasteiger partial charge in [-0.1, -0.05) is 11.6 Å². The lowest BCUT2D eigenvalue weighted by molar-refractivity contribution is -0.127. The molecular weight excluding hydrogens is 264 g/mol. The van der Waals surface area contributed by atoms with Crippen LogP contribution < -0.4 is 5.73 Å². The van der Waals surface area contributed by atoms with Gasteiger partial charge in [-0.15, -0.1) is 11.3 Å². The lowest BCUT2D eigenvalue weighted by Crippen LogP contribution is -2.27. The van der Waals surface area contributed by atoms with Crippen LogP contribution in [0.2, 0.25) is 4.34 Å². The fourth-order valence-corrected chi connectivity index (χ4v) is 2.96. The number of halogens is 1. The summed E-state index contributed by atoms with van der Waals surface area (Å²) in [5.41, 5.74) is 5.36. The number of amides is 1. The van der Waals surface area contributed by atoms with Crippen molar-refractivity contribution >= 4 is 40.6 Å². The van der Waals surface area contributed by atoms with Crippen molar-refractivity contribution in [3.63, 3.8) is 0 Å². The Morgan fingerprint density at radius 2 is 2.38 bits per heavy atom. The number of nitrogens with zero attached hydrogens (tertiary/aromatic N) is 1. The van der Waals surface area contributed by atoms with E-state index in [2.05, 4.69) is 0 Å². The van der Waals surface area contributed by atoms with E-state index in [1.54, 1.807) is 23.7 Å². The van der Waals surface area contributed by atoms with E-state index in [1.165, 1.54) is 11.3 Å². The first-order chi connectivity index (χ1) is 7.63. The quantitative estimate of drug-likeness (QED) is 0.810. The molecule has 1 rings (SSSR count). The van der Waals surface area contributed by atoms with E-state index < -0.39 is 0 Å². The Morgan fingerprint density at radius 1 is 1.62 bits per heavy atom. The zero-order valence-corrected chi connectivity index (χ0v) is 11.5. The maximum Gasteiger partial charge on any atom is 0.232 e. The Balaban J connectivity index is 2.34. The largest absolute Gasteiger partial charge is 0.340 e. The summed E-state index contributed by atoms with van der Waals surface area (Å²) in [4.78, 5) is 14.5. The number of thiophene rings is 1. The first-order valence-electron chi connectivity index (χ1n) is 4.89. The van der Waals surface area contributed by atoms with Crippen LogP contribution >= 0.6 is 34.7 Å². The van der Waals surface area contributed by atoms with E-state index in [0.717, 1.165) is 15.0 Å². The minimum Gasteiger partial charge on any atom is -0.340 e. The van der Waals surface area contributed by atoms with Crippen molar-refractivity contribution in [3.8, 4) is 0 Å². The fraction of sp³-hybridized carbons (Fsp3) is 0.500. The average molecular weight is 279 g/mol. The van der Waals surface area contributed by atoms with Gasteiger partial charge in [-0.25, -0.2) is 0 Å². The smallest absolute Gasteiger partial charge is 0.232 e. The average Bonchev–Trinajstić information content (AvgIpc) is 2.64. The van der Waals surface area contributed by atoms with Crippen LogP contribution in [0.25, 0.3) is 0 Å². The highest BCUT2D eigenvalue weighted by Crippen LogP contribution is 2.22. The summed E-state index contributed by atoms with van der Waals surface area (Å²) in [5.74, 6) is 1.44. The Morgan fingerprint density at radius 3 is 2.94 bits per heavy atom. The Bertz CT molecular complexity index is 343. The van der Waals surface area contributed by atoms with E-state index in [9.17, 15) is 4.79 Å². The van der Waals surface area contributed by atoms with Crippen LogP contribution in [0.15, 0.2) is 12.1 Å². The van der Waals surface area contributed by atoms with Crippen LogP contribution in [0.5, 0.6) is 0 Å². The molecule has 3 nitrogen and oxygen atoms in total. The summed E-state index contributed by atoms with van der Waals surface area (Å²) in [6.45, 7) is 1.24. The van der Waals surface area contributed by atoms with Crippen molar-refractivity contribution in [2.24, 2.45) is 5.73 Å². The fourth-order valence-electron chi connectivity index (χ4n) is 1.11. The second-order valence-electron chi connectivity index (χ2n) is 3.30. The van der Waals surface area contributed by atoms with Crippen LogP contribution in [0.4, 0.5) is 0 Å². The number of hydrogen-bond acceptors (Lipinski definition) is 4. The molecule has 1 aromatic rings. The van der Waals surface area contributed by atoms with Crippen LogP contribution in [0.1, 0.15) is 4.88 Å². The van der Waals surface area contributed by atoms with Crippen LogP contribution in [0, 0.1) is 0 Å². The molecule has 0 aliphatic carbocycles. The third-order valence-electron chi connectivity index (χ3n) is 1.94. The summed E-state index contributed by atoms with van der Waals surface area (Å²) in [6.07, 6.45) is 0. The van der Waals surface area contributed by atoms with E-state index in [0.29, 0.717) is 18.8 Å². The second-order valence-corrected chi connectivity index (χ2v) is 6.20. The van der Waals surface area contributed by atoms with Crippen LogP contribution in [-0.2, 0) is 11.3 Å². The predicted molar refractivity (Wildman–Crippen MR) is 72.2 cm³/mol. The van der Waals surface area contributed by atoms with Crippen molar-refractivity contribution in [2.45, 2.75) is 6.54 Å². The van der Waals surface area contributed by atoms with E-state index in [1.807, 2.05) is 12.1 Å². The SMILES string of the molecule is CN(Cc1ccc(Cl)s1)C(=O)CSCCN. The molecule has 16 heavy (non-hydrogen) atoms. The van der Waals surface area contributed by atoms with Crippen LogP contribution in [0.3, 0.4) is 0 Å². The maximum absolute atomic E-state index is 11.7. The standard InChI is InChI=1S/C10H15ClN2OS2/c1-13(10(14)7-15-5-4-12)6-8-2-3-9(11)16-8/h2-3H,4-7,12H2,1H3. The molecule has 0 radical (unpaired) electrons. The number of rotatable bonds is 6. The van der Waals surface area contributed by atoms with Crippen molar-refractivity contribution in [3.05, 3.63) is 21.3 Å². The Labute approximate surface area is 109 Å². The van der Waals surface area contributed by atoms with Gasteiger partial charge in [-0.3, -0.25) is 4.79 Å². The summed E-state index contributed by atoms with van der Waals surface area (Å²) in [7, 11) is 1.80. The number of carbonyl (C=O) groups is 1. The van der Waals surface area contributed by atoms with Gasteiger partial charge >= 0.3 is 0 Å². The number of hydrogen-bond donors (Lipinski definition) is 1. The lowest BCUT2D eigenvalue weighted by atomic mass is 10.4. The summed E-state index contributed by atoms with van der Waals surface area (Å²) in [5, 5.41) is 0. The first-order valence-corrected chi connectivity index (χ1v) is 7.24.